The van der Waals surface area contributed by atoms with Crippen LogP contribution in [-0.2, 0) is 9.47 Å². The van der Waals surface area contributed by atoms with E-state index in [2.05, 4.69) is 15.0 Å². The summed E-state index contributed by atoms with van der Waals surface area (Å²) in [5.41, 5.74) is 0.359. The predicted octanol–water partition coefficient (Wildman–Crippen LogP) is 1.52. The molecule has 0 bridgehead atoms. The lowest BCUT2D eigenvalue weighted by molar-refractivity contribution is 0.0328. The average molecular weight is 242 g/mol. The third-order valence-corrected chi connectivity index (χ3v) is 3.43. The molecule has 0 aromatic carbocycles. The van der Waals surface area contributed by atoms with Gasteiger partial charge in [0, 0.05) is 18.5 Å². The van der Waals surface area contributed by atoms with E-state index in [4.69, 9.17) is 4.74 Å². The van der Waals surface area contributed by atoms with Gasteiger partial charge >= 0.3 is 5.97 Å². The molecule has 1 fully saturated rings. The lowest BCUT2D eigenvalue weighted by Crippen LogP contribution is -2.40. The molecule has 1 heterocycles. The minimum absolute atomic E-state index is 0.359. The van der Waals surface area contributed by atoms with Crippen molar-refractivity contribution >= 4 is 22.4 Å². The van der Waals surface area contributed by atoms with Gasteiger partial charge in [0.1, 0.15) is 0 Å². The van der Waals surface area contributed by atoms with Crippen LogP contribution in [0, 0.1) is 0 Å². The fourth-order valence-corrected chi connectivity index (χ4v) is 2.35. The van der Waals surface area contributed by atoms with E-state index in [-0.39, 0.29) is 0 Å². The summed E-state index contributed by atoms with van der Waals surface area (Å²) in [4.78, 5) is 15.3. The standard InChI is InChI=1S/C10H14N2O3S/c1-14-7-3-6(4-7)11-10-12-8(5-16-10)9(13)15-2/h5-7H,3-4H2,1-2H3,(H,11,12). The molecule has 0 amide bonds. The molecule has 16 heavy (non-hydrogen) atoms. The summed E-state index contributed by atoms with van der Waals surface area (Å²) in [5.74, 6) is -0.396. The van der Waals surface area contributed by atoms with Crippen LogP contribution in [0.15, 0.2) is 5.38 Å². The van der Waals surface area contributed by atoms with Crippen molar-refractivity contribution in [3.8, 4) is 0 Å². The molecule has 1 aromatic rings. The Morgan fingerprint density at radius 3 is 2.94 bits per heavy atom. The van der Waals surface area contributed by atoms with Crippen LogP contribution in [0.25, 0.3) is 0 Å². The molecule has 5 nitrogen and oxygen atoms in total. The highest BCUT2D eigenvalue weighted by molar-refractivity contribution is 7.13. The van der Waals surface area contributed by atoms with Crippen molar-refractivity contribution in [1.82, 2.24) is 4.98 Å². The molecule has 0 atom stereocenters. The van der Waals surface area contributed by atoms with Gasteiger partial charge in [-0.15, -0.1) is 11.3 Å². The maximum absolute atomic E-state index is 11.2. The van der Waals surface area contributed by atoms with Gasteiger partial charge in [-0.3, -0.25) is 0 Å². The van der Waals surface area contributed by atoms with Crippen molar-refractivity contribution in [2.75, 3.05) is 19.5 Å². The number of thiazole rings is 1. The van der Waals surface area contributed by atoms with Gasteiger partial charge in [0.25, 0.3) is 0 Å². The zero-order chi connectivity index (χ0) is 11.5. The summed E-state index contributed by atoms with van der Waals surface area (Å²) in [6, 6.07) is 0.404. The van der Waals surface area contributed by atoms with Crippen molar-refractivity contribution in [2.45, 2.75) is 25.0 Å². The molecule has 6 heteroatoms. The molecular weight excluding hydrogens is 228 g/mol. The second-order valence-corrected chi connectivity index (χ2v) is 4.56. The van der Waals surface area contributed by atoms with Gasteiger partial charge in [-0.1, -0.05) is 0 Å². The maximum atomic E-state index is 11.2. The van der Waals surface area contributed by atoms with Crippen LogP contribution in [-0.4, -0.2) is 37.3 Å². The molecule has 1 saturated carbocycles. The molecule has 0 saturated heterocycles. The Bertz CT molecular complexity index is 374. The fourth-order valence-electron chi connectivity index (χ4n) is 1.59. The molecule has 0 unspecified atom stereocenters. The van der Waals surface area contributed by atoms with Crippen LogP contribution in [0.1, 0.15) is 23.3 Å². The lowest BCUT2D eigenvalue weighted by Gasteiger charge is -2.34. The topological polar surface area (TPSA) is 60.5 Å². The molecule has 0 radical (unpaired) electrons. The molecule has 1 aliphatic rings. The molecule has 0 aliphatic heterocycles. The number of aromatic nitrogens is 1. The SMILES string of the molecule is COC(=O)c1csc(NC2CC(OC)C2)n1. The van der Waals surface area contributed by atoms with Gasteiger partial charge in [-0.2, -0.15) is 0 Å². The number of esters is 1. The van der Waals surface area contributed by atoms with E-state index >= 15 is 0 Å². The van der Waals surface area contributed by atoms with Gasteiger partial charge < -0.3 is 14.8 Å². The van der Waals surface area contributed by atoms with E-state index in [1.165, 1.54) is 18.4 Å². The zero-order valence-electron chi connectivity index (χ0n) is 9.23. The van der Waals surface area contributed by atoms with Gasteiger partial charge in [0.2, 0.25) is 0 Å². The summed E-state index contributed by atoms with van der Waals surface area (Å²) in [6.07, 6.45) is 2.34. The average Bonchev–Trinajstić information content (AvgIpc) is 2.70. The predicted molar refractivity (Wildman–Crippen MR) is 60.9 cm³/mol. The first-order valence-electron chi connectivity index (χ1n) is 5.06. The van der Waals surface area contributed by atoms with Crippen molar-refractivity contribution in [1.29, 1.82) is 0 Å². The quantitative estimate of drug-likeness (QED) is 0.811. The van der Waals surface area contributed by atoms with Crippen LogP contribution < -0.4 is 5.32 Å². The number of carbonyl (C=O) groups excluding carboxylic acids is 1. The van der Waals surface area contributed by atoms with Crippen LogP contribution in [0.5, 0.6) is 0 Å². The number of anilines is 1. The van der Waals surface area contributed by atoms with E-state index in [1.54, 1.807) is 12.5 Å². The monoisotopic (exact) mass is 242 g/mol. The summed E-state index contributed by atoms with van der Waals surface area (Å²) in [7, 11) is 3.07. The smallest absolute Gasteiger partial charge is 0.357 e. The van der Waals surface area contributed by atoms with Crippen molar-refractivity contribution in [2.24, 2.45) is 0 Å². The molecular formula is C10H14N2O3S. The van der Waals surface area contributed by atoms with E-state index in [9.17, 15) is 4.79 Å². The number of ether oxygens (including phenoxy) is 2. The first-order valence-corrected chi connectivity index (χ1v) is 5.94. The third kappa shape index (κ3) is 2.33. The Kier molecular flexibility index (Phi) is 3.40. The first-order chi connectivity index (χ1) is 7.72. The molecule has 0 spiro atoms. The number of nitrogens with zero attached hydrogens (tertiary/aromatic N) is 1. The van der Waals surface area contributed by atoms with Crippen LogP contribution in [0.3, 0.4) is 0 Å². The highest BCUT2D eigenvalue weighted by atomic mass is 32.1. The first kappa shape index (κ1) is 11.3. The number of rotatable bonds is 4. The summed E-state index contributed by atoms with van der Waals surface area (Å²) in [6.45, 7) is 0. The van der Waals surface area contributed by atoms with Gasteiger partial charge in [-0.25, -0.2) is 9.78 Å². The van der Waals surface area contributed by atoms with E-state index in [0.717, 1.165) is 18.0 Å². The second kappa shape index (κ2) is 4.80. The van der Waals surface area contributed by atoms with E-state index in [0.29, 0.717) is 17.8 Å². The Hall–Kier alpha value is -1.14. The van der Waals surface area contributed by atoms with Gasteiger partial charge in [-0.05, 0) is 12.8 Å². The normalized spacial score (nSPS) is 23.6. The Morgan fingerprint density at radius 1 is 1.56 bits per heavy atom. The fraction of sp³-hybridized carbons (Fsp3) is 0.600. The number of hydrogen-bond acceptors (Lipinski definition) is 6. The van der Waals surface area contributed by atoms with E-state index < -0.39 is 5.97 Å². The summed E-state index contributed by atoms with van der Waals surface area (Å²) >= 11 is 1.42. The molecule has 1 aliphatic carbocycles. The highest BCUT2D eigenvalue weighted by Crippen LogP contribution is 2.27. The van der Waals surface area contributed by atoms with E-state index in [1.807, 2.05) is 0 Å². The molecule has 88 valence electrons. The number of carbonyl (C=O) groups is 1. The zero-order valence-corrected chi connectivity index (χ0v) is 10.0. The maximum Gasteiger partial charge on any atom is 0.357 e. The Morgan fingerprint density at radius 2 is 2.31 bits per heavy atom. The second-order valence-electron chi connectivity index (χ2n) is 3.70. The Labute approximate surface area is 97.8 Å². The van der Waals surface area contributed by atoms with Crippen molar-refractivity contribution < 1.29 is 14.3 Å². The molecule has 1 N–H and O–H groups in total. The summed E-state index contributed by atoms with van der Waals surface area (Å²) < 4.78 is 9.77. The highest BCUT2D eigenvalue weighted by Gasteiger charge is 2.29. The number of hydrogen-bond donors (Lipinski definition) is 1. The molecule has 1 aromatic heterocycles. The minimum Gasteiger partial charge on any atom is -0.464 e. The number of nitrogens with one attached hydrogen (secondary N) is 1. The number of methoxy groups -OCH3 is 2. The van der Waals surface area contributed by atoms with Gasteiger partial charge in [0.05, 0.1) is 13.2 Å². The largest absolute Gasteiger partial charge is 0.464 e. The lowest BCUT2D eigenvalue weighted by atomic mass is 9.89. The van der Waals surface area contributed by atoms with Crippen LogP contribution >= 0.6 is 11.3 Å². The van der Waals surface area contributed by atoms with Crippen molar-refractivity contribution in [3.05, 3.63) is 11.1 Å². The summed E-state index contributed by atoms with van der Waals surface area (Å²) in [5, 5.41) is 5.72. The van der Waals surface area contributed by atoms with Crippen LogP contribution in [0.2, 0.25) is 0 Å². The minimum atomic E-state index is -0.396. The van der Waals surface area contributed by atoms with Crippen molar-refractivity contribution in [3.63, 3.8) is 0 Å². The Balaban J connectivity index is 1.87. The molecule has 2 rings (SSSR count). The van der Waals surface area contributed by atoms with Gasteiger partial charge in [0.15, 0.2) is 10.8 Å². The van der Waals surface area contributed by atoms with Crippen LogP contribution in [0.4, 0.5) is 5.13 Å². The third-order valence-electron chi connectivity index (χ3n) is 2.65.